The average Bonchev–Trinajstić information content (AvgIpc) is 1.99. The highest BCUT2D eigenvalue weighted by molar-refractivity contribution is 5.24. The molecule has 0 heterocycles. The minimum Gasteiger partial charge on any atom is -0.197 e. The Kier molecular flexibility index (Phi) is 4.32. The number of terminal acetylenes is 1. The smallest absolute Gasteiger partial charge is 0.172 e. The van der Waals surface area contributed by atoms with E-state index in [1.165, 1.54) is 6.08 Å². The minimum atomic E-state index is -0.521. The second-order valence-corrected chi connectivity index (χ2v) is 2.03. The fourth-order valence-electron chi connectivity index (χ4n) is 0.381. The lowest BCUT2D eigenvalue weighted by atomic mass is 10.2. The quantitative estimate of drug-likeness (QED) is 0.406. The topological polar surface area (TPSA) is 0 Å². The molecule has 0 saturated carbocycles. The monoisotopic (exact) mass is 138 g/mol. The molecule has 0 rings (SSSR count). The van der Waals surface area contributed by atoms with Crippen LogP contribution in [0, 0.1) is 12.3 Å². The van der Waals surface area contributed by atoms with Crippen LogP contribution < -0.4 is 0 Å². The van der Waals surface area contributed by atoms with Crippen molar-refractivity contribution in [1.29, 1.82) is 0 Å². The zero-order valence-electron chi connectivity index (χ0n) is 6.32. The van der Waals surface area contributed by atoms with Crippen molar-refractivity contribution in [3.63, 3.8) is 0 Å². The van der Waals surface area contributed by atoms with Crippen LogP contribution in [0.25, 0.3) is 0 Å². The number of rotatable bonds is 2. The molecule has 1 heteroatoms. The van der Waals surface area contributed by atoms with Gasteiger partial charge in [0, 0.05) is 0 Å². The van der Waals surface area contributed by atoms with Crippen LogP contribution in [0.5, 0.6) is 0 Å². The van der Waals surface area contributed by atoms with E-state index < -0.39 is 5.83 Å². The van der Waals surface area contributed by atoms with Crippen molar-refractivity contribution in [1.82, 2.24) is 0 Å². The summed E-state index contributed by atoms with van der Waals surface area (Å²) in [5, 5.41) is 0. The van der Waals surface area contributed by atoms with Gasteiger partial charge >= 0.3 is 0 Å². The predicted octanol–water partition coefficient (Wildman–Crippen LogP) is 2.83. The lowest BCUT2D eigenvalue weighted by Gasteiger charge is -1.88. The first-order valence-corrected chi connectivity index (χ1v) is 3.20. The van der Waals surface area contributed by atoms with E-state index in [-0.39, 0.29) is 0 Å². The first kappa shape index (κ1) is 8.97. The maximum absolute atomic E-state index is 12.2. The summed E-state index contributed by atoms with van der Waals surface area (Å²) in [5.74, 6) is 1.37. The highest BCUT2D eigenvalue weighted by atomic mass is 19.1. The van der Waals surface area contributed by atoms with E-state index in [0.29, 0.717) is 0 Å². The molecule has 0 unspecified atom stereocenters. The number of hydrogen-bond donors (Lipinski definition) is 0. The van der Waals surface area contributed by atoms with Crippen LogP contribution >= 0.6 is 0 Å². The van der Waals surface area contributed by atoms with Gasteiger partial charge in [-0.15, -0.1) is 6.42 Å². The van der Waals surface area contributed by atoms with Crippen LogP contribution in [0.2, 0.25) is 0 Å². The highest BCUT2D eigenvalue weighted by Gasteiger charge is 1.83. The Hall–Kier alpha value is -1.03. The van der Waals surface area contributed by atoms with Crippen LogP contribution in [0.3, 0.4) is 0 Å². The van der Waals surface area contributed by atoms with Crippen LogP contribution in [0.4, 0.5) is 4.39 Å². The van der Waals surface area contributed by atoms with E-state index in [0.717, 1.165) is 12.0 Å². The number of hydrogen-bond acceptors (Lipinski definition) is 0. The average molecular weight is 138 g/mol. The third-order valence-corrected chi connectivity index (χ3v) is 1.21. The summed E-state index contributed by atoms with van der Waals surface area (Å²) in [4.78, 5) is 0. The van der Waals surface area contributed by atoms with Crippen molar-refractivity contribution in [2.24, 2.45) is 0 Å². The van der Waals surface area contributed by atoms with E-state index in [1.54, 1.807) is 6.08 Å². The third-order valence-electron chi connectivity index (χ3n) is 1.21. The standard InChI is InChI=1S/C9H11F/c1-4-8(3)6-7-9(10)5-2/h2,6-7H,4H2,1,3H3/b8-6+,9-7+. The molecule has 0 aromatic heterocycles. The minimum absolute atomic E-state index is 0.521. The fraction of sp³-hybridized carbons (Fsp3) is 0.333. The molecular weight excluding hydrogens is 127 g/mol. The molecule has 0 amide bonds. The van der Waals surface area contributed by atoms with E-state index in [9.17, 15) is 4.39 Å². The Bertz CT molecular complexity index is 191. The fourth-order valence-corrected chi connectivity index (χ4v) is 0.381. The van der Waals surface area contributed by atoms with Crippen LogP contribution in [-0.2, 0) is 0 Å². The Morgan fingerprint density at radius 1 is 1.60 bits per heavy atom. The van der Waals surface area contributed by atoms with E-state index in [2.05, 4.69) is 0 Å². The molecule has 0 aromatic rings. The van der Waals surface area contributed by atoms with Crippen molar-refractivity contribution >= 4 is 0 Å². The van der Waals surface area contributed by atoms with Gasteiger partial charge in [-0.1, -0.05) is 18.6 Å². The molecule has 10 heavy (non-hydrogen) atoms. The van der Waals surface area contributed by atoms with Crippen molar-refractivity contribution in [2.75, 3.05) is 0 Å². The van der Waals surface area contributed by atoms with Crippen LogP contribution in [0.15, 0.2) is 23.6 Å². The second kappa shape index (κ2) is 4.81. The first-order chi connectivity index (χ1) is 4.70. The van der Waals surface area contributed by atoms with Crippen molar-refractivity contribution in [3.05, 3.63) is 23.6 Å². The van der Waals surface area contributed by atoms with Gasteiger partial charge in [0.1, 0.15) is 0 Å². The Labute approximate surface area is 61.4 Å². The third kappa shape index (κ3) is 3.91. The van der Waals surface area contributed by atoms with Gasteiger partial charge in [-0.2, -0.15) is 4.39 Å². The molecule has 0 N–H and O–H groups in total. The van der Waals surface area contributed by atoms with Gasteiger partial charge in [-0.05, 0) is 25.3 Å². The summed E-state index contributed by atoms with van der Waals surface area (Å²) in [6.45, 7) is 3.94. The molecule has 0 atom stereocenters. The van der Waals surface area contributed by atoms with Crippen molar-refractivity contribution in [3.8, 4) is 12.3 Å². The Balaban J connectivity index is 4.07. The molecular formula is C9H11F. The molecule has 0 nitrogen and oxygen atoms in total. The maximum Gasteiger partial charge on any atom is 0.172 e. The van der Waals surface area contributed by atoms with Gasteiger partial charge in [0.15, 0.2) is 5.83 Å². The number of halogens is 1. The van der Waals surface area contributed by atoms with E-state index >= 15 is 0 Å². The predicted molar refractivity (Wildman–Crippen MR) is 42.1 cm³/mol. The van der Waals surface area contributed by atoms with Gasteiger partial charge in [-0.3, -0.25) is 0 Å². The Morgan fingerprint density at radius 3 is 2.60 bits per heavy atom. The Morgan fingerprint density at radius 2 is 2.20 bits per heavy atom. The molecule has 0 radical (unpaired) electrons. The molecule has 0 aliphatic carbocycles. The molecule has 0 spiro atoms. The van der Waals surface area contributed by atoms with Gasteiger partial charge in [-0.25, -0.2) is 0 Å². The largest absolute Gasteiger partial charge is 0.197 e. The second-order valence-electron chi connectivity index (χ2n) is 2.03. The van der Waals surface area contributed by atoms with Crippen molar-refractivity contribution in [2.45, 2.75) is 20.3 Å². The number of allylic oxidation sites excluding steroid dienone is 4. The summed E-state index contributed by atoms with van der Waals surface area (Å²) >= 11 is 0. The maximum atomic E-state index is 12.2. The highest BCUT2D eigenvalue weighted by Crippen LogP contribution is 2.00. The summed E-state index contributed by atoms with van der Waals surface area (Å²) < 4.78 is 12.2. The molecule has 0 bridgehead atoms. The summed E-state index contributed by atoms with van der Waals surface area (Å²) in [5.41, 5.74) is 1.12. The van der Waals surface area contributed by atoms with Crippen molar-refractivity contribution < 1.29 is 4.39 Å². The van der Waals surface area contributed by atoms with Gasteiger partial charge < -0.3 is 0 Å². The lowest BCUT2D eigenvalue weighted by molar-refractivity contribution is 0.676. The molecule has 0 aromatic carbocycles. The lowest BCUT2D eigenvalue weighted by Crippen LogP contribution is -1.69. The van der Waals surface area contributed by atoms with Crippen LogP contribution in [-0.4, -0.2) is 0 Å². The zero-order chi connectivity index (χ0) is 7.98. The molecule has 0 aliphatic rings. The van der Waals surface area contributed by atoms with E-state index in [4.69, 9.17) is 6.42 Å². The van der Waals surface area contributed by atoms with E-state index in [1.807, 2.05) is 19.8 Å². The summed E-state index contributed by atoms with van der Waals surface area (Å²) in [7, 11) is 0. The molecule has 0 fully saturated rings. The normalized spacial score (nSPS) is 13.0. The summed E-state index contributed by atoms with van der Waals surface area (Å²) in [6, 6.07) is 0. The zero-order valence-corrected chi connectivity index (χ0v) is 6.32. The molecule has 54 valence electrons. The first-order valence-electron chi connectivity index (χ1n) is 3.20. The SMILES string of the molecule is C#C/C(F)=C\C=C(/C)CC. The summed E-state index contributed by atoms with van der Waals surface area (Å²) in [6.07, 6.45) is 8.70. The van der Waals surface area contributed by atoms with Gasteiger partial charge in [0.2, 0.25) is 0 Å². The van der Waals surface area contributed by atoms with Gasteiger partial charge in [0.05, 0.1) is 0 Å². The molecule has 0 saturated heterocycles. The molecule has 0 aliphatic heterocycles. The van der Waals surface area contributed by atoms with Gasteiger partial charge in [0.25, 0.3) is 0 Å². The van der Waals surface area contributed by atoms with Crippen LogP contribution in [0.1, 0.15) is 20.3 Å².